The standard InChI is InChI=1S/C17H25N3O.2ClH/c1-2-20(12-14-8-5-6-10-18-14)17(21)16-11-13-7-3-4-9-15(13)19-16;;/h5-6,8,10,13,15-16,19H,2-4,7,9,11-12H2,1H3;2*1H. The molecule has 1 N–H and O–H groups in total. The van der Waals surface area contributed by atoms with E-state index in [1.807, 2.05) is 30.0 Å². The molecule has 1 aliphatic heterocycles. The second-order valence-electron chi connectivity index (χ2n) is 6.28. The summed E-state index contributed by atoms with van der Waals surface area (Å²) in [5.74, 6) is 0.957. The molecule has 23 heavy (non-hydrogen) atoms. The molecule has 1 aromatic heterocycles. The number of nitrogens with one attached hydrogen (secondary N) is 1. The predicted octanol–water partition coefficient (Wildman–Crippen LogP) is 3.19. The predicted molar refractivity (Wildman–Crippen MR) is 97.1 cm³/mol. The van der Waals surface area contributed by atoms with Crippen molar-refractivity contribution in [3.05, 3.63) is 30.1 Å². The van der Waals surface area contributed by atoms with Crippen molar-refractivity contribution < 1.29 is 4.79 Å². The Hall–Kier alpha value is -0.840. The van der Waals surface area contributed by atoms with Crippen LogP contribution in [0.5, 0.6) is 0 Å². The third kappa shape index (κ3) is 4.82. The van der Waals surface area contributed by atoms with Crippen LogP contribution < -0.4 is 5.32 Å². The molecule has 1 aliphatic carbocycles. The number of pyridine rings is 1. The van der Waals surface area contributed by atoms with E-state index in [9.17, 15) is 4.79 Å². The fraction of sp³-hybridized carbons (Fsp3) is 0.647. The number of halogens is 2. The van der Waals surface area contributed by atoms with Crippen LogP contribution in [0.3, 0.4) is 0 Å². The molecule has 3 atom stereocenters. The maximum atomic E-state index is 12.8. The Balaban J connectivity index is 0.00000132. The van der Waals surface area contributed by atoms with Crippen molar-refractivity contribution >= 4 is 30.7 Å². The largest absolute Gasteiger partial charge is 0.336 e. The van der Waals surface area contributed by atoms with Gasteiger partial charge in [-0.3, -0.25) is 9.78 Å². The summed E-state index contributed by atoms with van der Waals surface area (Å²) < 4.78 is 0. The fourth-order valence-electron chi connectivity index (χ4n) is 3.76. The first kappa shape index (κ1) is 20.2. The number of amides is 1. The van der Waals surface area contributed by atoms with Crippen molar-refractivity contribution in [2.45, 2.75) is 57.7 Å². The molecule has 1 aromatic rings. The smallest absolute Gasteiger partial charge is 0.240 e. The number of nitrogens with zero attached hydrogens (tertiary/aromatic N) is 2. The van der Waals surface area contributed by atoms with Crippen LogP contribution in [-0.4, -0.2) is 34.4 Å². The molecule has 2 aliphatic rings. The van der Waals surface area contributed by atoms with Crippen LogP contribution >= 0.6 is 24.8 Å². The van der Waals surface area contributed by atoms with Gasteiger partial charge in [-0.25, -0.2) is 0 Å². The van der Waals surface area contributed by atoms with E-state index in [4.69, 9.17) is 0 Å². The highest BCUT2D eigenvalue weighted by molar-refractivity contribution is 5.85. The number of carbonyl (C=O) groups is 1. The molecule has 0 radical (unpaired) electrons. The molecule has 1 saturated heterocycles. The van der Waals surface area contributed by atoms with Crippen molar-refractivity contribution in [3.8, 4) is 0 Å². The lowest BCUT2D eigenvalue weighted by atomic mass is 9.85. The minimum absolute atomic E-state index is 0. The first-order valence-electron chi connectivity index (χ1n) is 8.22. The Kier molecular flexibility index (Phi) is 8.31. The third-order valence-electron chi connectivity index (χ3n) is 4.93. The van der Waals surface area contributed by atoms with E-state index < -0.39 is 0 Å². The molecule has 2 heterocycles. The summed E-state index contributed by atoms with van der Waals surface area (Å²) in [4.78, 5) is 19.0. The van der Waals surface area contributed by atoms with Gasteiger partial charge in [0.05, 0.1) is 18.3 Å². The van der Waals surface area contributed by atoms with Gasteiger partial charge in [-0.05, 0) is 44.2 Å². The summed E-state index contributed by atoms with van der Waals surface area (Å²) in [5.41, 5.74) is 0.961. The van der Waals surface area contributed by atoms with Gasteiger partial charge in [-0.2, -0.15) is 0 Å². The van der Waals surface area contributed by atoms with Gasteiger partial charge in [0.15, 0.2) is 0 Å². The van der Waals surface area contributed by atoms with E-state index >= 15 is 0 Å². The normalized spacial score (nSPS) is 25.7. The SMILES string of the molecule is CCN(Cc1ccccn1)C(=O)C1CC2CCCCC2N1.Cl.Cl. The summed E-state index contributed by atoms with van der Waals surface area (Å²) >= 11 is 0. The zero-order chi connectivity index (χ0) is 14.7. The Morgan fingerprint density at radius 2 is 2.09 bits per heavy atom. The molecular formula is C17H27Cl2N3O. The molecule has 3 unspecified atom stereocenters. The first-order valence-corrected chi connectivity index (χ1v) is 8.22. The second-order valence-corrected chi connectivity index (χ2v) is 6.28. The van der Waals surface area contributed by atoms with E-state index in [1.54, 1.807) is 6.20 Å². The number of aromatic nitrogens is 1. The summed E-state index contributed by atoms with van der Waals surface area (Å²) in [5, 5.41) is 3.58. The molecule has 3 rings (SSSR count). The molecule has 0 bridgehead atoms. The Morgan fingerprint density at radius 1 is 1.30 bits per heavy atom. The number of hydrogen-bond donors (Lipinski definition) is 1. The number of fused-ring (bicyclic) bond motifs is 1. The van der Waals surface area contributed by atoms with Gasteiger partial charge in [0.2, 0.25) is 5.91 Å². The van der Waals surface area contributed by atoms with Crippen molar-refractivity contribution in [1.29, 1.82) is 0 Å². The fourth-order valence-corrected chi connectivity index (χ4v) is 3.76. The molecule has 0 spiro atoms. The second kappa shape index (κ2) is 9.45. The highest BCUT2D eigenvalue weighted by atomic mass is 35.5. The van der Waals surface area contributed by atoms with Crippen LogP contribution in [-0.2, 0) is 11.3 Å². The quantitative estimate of drug-likeness (QED) is 0.897. The molecule has 2 fully saturated rings. The molecule has 1 amide bonds. The number of carbonyl (C=O) groups excluding carboxylic acids is 1. The molecule has 4 nitrogen and oxygen atoms in total. The minimum atomic E-state index is 0. The molecule has 1 saturated carbocycles. The summed E-state index contributed by atoms with van der Waals surface area (Å²) in [6.07, 6.45) is 7.96. The van der Waals surface area contributed by atoms with Crippen molar-refractivity contribution in [1.82, 2.24) is 15.2 Å². The molecule has 0 aromatic carbocycles. The molecule has 6 heteroatoms. The van der Waals surface area contributed by atoms with Gasteiger partial charge < -0.3 is 10.2 Å². The highest BCUT2D eigenvalue weighted by Gasteiger charge is 2.39. The van der Waals surface area contributed by atoms with Crippen LogP contribution in [0, 0.1) is 5.92 Å². The summed E-state index contributed by atoms with van der Waals surface area (Å²) in [6.45, 7) is 3.40. The monoisotopic (exact) mass is 359 g/mol. The Morgan fingerprint density at radius 3 is 2.74 bits per heavy atom. The van der Waals surface area contributed by atoms with Crippen LogP contribution in [0.2, 0.25) is 0 Å². The van der Waals surface area contributed by atoms with Crippen LogP contribution in [0.25, 0.3) is 0 Å². The van der Waals surface area contributed by atoms with Gasteiger partial charge in [0.1, 0.15) is 0 Å². The van der Waals surface area contributed by atoms with E-state index in [1.165, 1.54) is 25.7 Å². The molecular weight excluding hydrogens is 333 g/mol. The number of rotatable bonds is 4. The van der Waals surface area contributed by atoms with Crippen LogP contribution in [0.1, 0.15) is 44.7 Å². The van der Waals surface area contributed by atoms with Crippen molar-refractivity contribution in [2.75, 3.05) is 6.54 Å². The van der Waals surface area contributed by atoms with Gasteiger partial charge in [-0.1, -0.05) is 18.9 Å². The maximum Gasteiger partial charge on any atom is 0.240 e. The number of likely N-dealkylation sites (N-methyl/N-ethyl adjacent to an activating group) is 1. The van der Waals surface area contributed by atoms with Crippen molar-refractivity contribution in [2.24, 2.45) is 5.92 Å². The zero-order valence-electron chi connectivity index (χ0n) is 13.6. The lowest BCUT2D eigenvalue weighted by Gasteiger charge is -2.25. The Bertz CT molecular complexity index is 472. The summed E-state index contributed by atoms with van der Waals surface area (Å²) in [7, 11) is 0. The van der Waals surface area contributed by atoms with E-state index in [0.29, 0.717) is 18.5 Å². The van der Waals surface area contributed by atoms with Crippen LogP contribution in [0.15, 0.2) is 24.4 Å². The van der Waals surface area contributed by atoms with E-state index in [-0.39, 0.29) is 36.8 Å². The van der Waals surface area contributed by atoms with E-state index in [0.717, 1.165) is 18.7 Å². The molecule has 130 valence electrons. The average Bonchev–Trinajstić information content (AvgIpc) is 2.97. The van der Waals surface area contributed by atoms with Gasteiger partial charge in [0, 0.05) is 18.8 Å². The van der Waals surface area contributed by atoms with Gasteiger partial charge in [-0.15, -0.1) is 24.8 Å². The van der Waals surface area contributed by atoms with E-state index in [2.05, 4.69) is 10.3 Å². The topological polar surface area (TPSA) is 45.2 Å². The minimum Gasteiger partial charge on any atom is -0.336 e. The average molecular weight is 360 g/mol. The zero-order valence-corrected chi connectivity index (χ0v) is 15.2. The third-order valence-corrected chi connectivity index (χ3v) is 4.93. The lowest BCUT2D eigenvalue weighted by Crippen LogP contribution is -2.45. The lowest BCUT2D eigenvalue weighted by molar-refractivity contribution is -0.133. The highest BCUT2D eigenvalue weighted by Crippen LogP contribution is 2.33. The van der Waals surface area contributed by atoms with Crippen molar-refractivity contribution in [3.63, 3.8) is 0 Å². The summed E-state index contributed by atoms with van der Waals surface area (Å²) in [6, 6.07) is 6.45. The number of hydrogen-bond acceptors (Lipinski definition) is 3. The Labute approximate surface area is 151 Å². The van der Waals surface area contributed by atoms with Gasteiger partial charge >= 0.3 is 0 Å². The maximum absolute atomic E-state index is 12.8. The first-order chi connectivity index (χ1) is 10.3. The van der Waals surface area contributed by atoms with Crippen LogP contribution in [0.4, 0.5) is 0 Å². The van der Waals surface area contributed by atoms with Gasteiger partial charge in [0.25, 0.3) is 0 Å².